The molecule has 0 aliphatic rings. The third-order valence-corrected chi connectivity index (χ3v) is 7.32. The molecule has 6 aromatic rings. The van der Waals surface area contributed by atoms with E-state index < -0.39 is 5.97 Å². The van der Waals surface area contributed by atoms with Gasteiger partial charge in [-0.1, -0.05) is 84.9 Å². The number of carboxylic acid groups (broad SMARTS) is 1. The average Bonchev–Trinajstić information content (AvgIpc) is 3.18. The normalized spacial score (nSPS) is 11.6. The van der Waals surface area contributed by atoms with Crippen molar-refractivity contribution >= 4 is 24.0 Å². The number of pyridine rings is 2. The summed E-state index contributed by atoms with van der Waals surface area (Å²) in [5.41, 5.74) is 9.73. The zero-order valence-electron chi connectivity index (χ0n) is 29.5. The van der Waals surface area contributed by atoms with Gasteiger partial charge in [0.2, 0.25) is 5.91 Å². The quantitative estimate of drug-likeness (QED) is 0.113. The summed E-state index contributed by atoms with van der Waals surface area (Å²) in [6, 6.07) is 41.6. The molecule has 6 rings (SSSR count). The fraction of sp³-hybridized carbons (Fsp3) is 0.0909. The lowest BCUT2D eigenvalue weighted by Crippen LogP contribution is -2.24. The number of carbonyl (C=O) groups excluding carboxylic acids is 1. The number of carbonyl (C=O) groups is 2. The summed E-state index contributed by atoms with van der Waals surface area (Å²) in [6.07, 6.45) is 12.8. The molecule has 0 aliphatic heterocycles. The van der Waals surface area contributed by atoms with E-state index in [1.165, 1.54) is 0 Å². The van der Waals surface area contributed by atoms with E-state index in [1.54, 1.807) is 55.1 Å². The summed E-state index contributed by atoms with van der Waals surface area (Å²) in [5.74, 6) is 1.95. The van der Waals surface area contributed by atoms with E-state index in [1.807, 2.05) is 135 Å². The van der Waals surface area contributed by atoms with Crippen LogP contribution in [0, 0.1) is 0 Å². The molecule has 1 amide bonds. The minimum absolute atomic E-state index is 0.0148. The third kappa shape index (κ3) is 14.9. The van der Waals surface area contributed by atoms with E-state index in [2.05, 4.69) is 15.3 Å². The molecule has 0 bridgehead atoms. The van der Waals surface area contributed by atoms with Gasteiger partial charge in [0.15, 0.2) is 0 Å². The molecule has 2 atom stereocenters. The van der Waals surface area contributed by atoms with Crippen molar-refractivity contribution in [1.82, 2.24) is 15.3 Å². The van der Waals surface area contributed by atoms with Gasteiger partial charge in [0, 0.05) is 43.0 Å². The van der Waals surface area contributed by atoms with Crippen molar-refractivity contribution in [3.63, 3.8) is 0 Å². The number of aliphatic carboxylic acids is 1. The lowest BCUT2D eigenvalue weighted by Gasteiger charge is -2.14. The second-order valence-electron chi connectivity index (χ2n) is 11.6. The molecule has 0 radical (unpaired) electrons. The topological polar surface area (TPSA) is 137 Å². The Hall–Kier alpha value is -6.84. The Morgan fingerprint density at radius 1 is 0.604 bits per heavy atom. The first kappa shape index (κ1) is 39.0. The molecule has 9 heteroatoms. The van der Waals surface area contributed by atoms with Gasteiger partial charge in [-0.2, -0.15) is 0 Å². The van der Waals surface area contributed by atoms with Crippen LogP contribution >= 0.6 is 0 Å². The van der Waals surface area contributed by atoms with E-state index in [0.717, 1.165) is 51.3 Å². The maximum atomic E-state index is 12.1. The highest BCUT2D eigenvalue weighted by atomic mass is 16.5. The molecule has 0 saturated heterocycles. The Bertz CT molecular complexity index is 2040. The Morgan fingerprint density at radius 2 is 1.06 bits per heavy atom. The molecule has 53 heavy (non-hydrogen) atoms. The van der Waals surface area contributed by atoms with Crippen LogP contribution in [0.3, 0.4) is 0 Å². The van der Waals surface area contributed by atoms with Crippen molar-refractivity contribution in [1.29, 1.82) is 0 Å². The molecule has 0 unspecified atom stereocenters. The van der Waals surface area contributed by atoms with Crippen molar-refractivity contribution in [2.24, 2.45) is 5.73 Å². The monoisotopic (exact) mass is 706 g/mol. The van der Waals surface area contributed by atoms with Crippen LogP contribution < -0.4 is 20.5 Å². The minimum atomic E-state index is -0.922. The van der Waals surface area contributed by atoms with Gasteiger partial charge < -0.3 is 25.6 Å². The molecule has 9 nitrogen and oxygen atoms in total. The van der Waals surface area contributed by atoms with Gasteiger partial charge in [0.25, 0.3) is 0 Å². The summed E-state index contributed by atoms with van der Waals surface area (Å²) in [5, 5.41) is 11.3. The highest BCUT2D eigenvalue weighted by Crippen LogP contribution is 2.25. The van der Waals surface area contributed by atoms with Crippen molar-refractivity contribution in [3.05, 3.63) is 193 Å². The maximum Gasteiger partial charge on any atom is 0.328 e. The predicted molar refractivity (Wildman–Crippen MR) is 209 cm³/mol. The molecular formula is C44H42N4O5. The number of nitrogens with one attached hydrogen (secondary N) is 1. The lowest BCUT2D eigenvalue weighted by molar-refractivity contribution is -0.131. The highest BCUT2D eigenvalue weighted by Gasteiger charge is 2.09. The van der Waals surface area contributed by atoms with Crippen molar-refractivity contribution in [2.75, 3.05) is 0 Å². The van der Waals surface area contributed by atoms with Gasteiger partial charge in [-0.05, 0) is 96.8 Å². The third-order valence-electron chi connectivity index (χ3n) is 7.32. The molecule has 0 aliphatic carbocycles. The second kappa shape index (κ2) is 21.4. The van der Waals surface area contributed by atoms with Crippen molar-refractivity contribution in [3.8, 4) is 23.0 Å². The number of hydrogen-bond acceptors (Lipinski definition) is 7. The molecule has 2 heterocycles. The van der Waals surface area contributed by atoms with Crippen LogP contribution in [0.25, 0.3) is 12.2 Å². The zero-order chi connectivity index (χ0) is 37.7. The van der Waals surface area contributed by atoms with Crippen molar-refractivity contribution < 1.29 is 24.2 Å². The molecule has 4 N–H and O–H groups in total. The van der Waals surface area contributed by atoms with E-state index in [0.29, 0.717) is 0 Å². The molecule has 0 saturated carbocycles. The van der Waals surface area contributed by atoms with E-state index in [-0.39, 0.29) is 18.0 Å². The fourth-order valence-electron chi connectivity index (χ4n) is 4.61. The molecule has 0 spiro atoms. The van der Waals surface area contributed by atoms with Crippen LogP contribution in [0.15, 0.2) is 170 Å². The van der Waals surface area contributed by atoms with E-state index in [9.17, 15) is 9.59 Å². The summed E-state index contributed by atoms with van der Waals surface area (Å²) in [4.78, 5) is 30.1. The SMILES string of the molecule is C[C@H](N)c1cccc(Oc2ccncc2)c1.C[C@H](NC(=O)/C=C/c1ccccc1)c1cccc(Oc2ccncc2)c1.O=C(O)/C=C/c1ccccc1. The van der Waals surface area contributed by atoms with Crippen LogP contribution in [0.5, 0.6) is 23.0 Å². The molecule has 4 aromatic carbocycles. The fourth-order valence-corrected chi connectivity index (χ4v) is 4.61. The number of carboxylic acids is 1. The molecular weight excluding hydrogens is 665 g/mol. The number of nitrogens with zero attached hydrogens (tertiary/aromatic N) is 2. The Balaban J connectivity index is 0.000000197. The number of benzene rings is 4. The van der Waals surface area contributed by atoms with Crippen molar-refractivity contribution in [2.45, 2.75) is 25.9 Å². The van der Waals surface area contributed by atoms with Crippen LogP contribution in [0.2, 0.25) is 0 Å². The maximum absolute atomic E-state index is 12.1. The van der Waals surface area contributed by atoms with Gasteiger partial charge in [-0.25, -0.2) is 4.79 Å². The molecule has 268 valence electrons. The number of ether oxygens (including phenoxy) is 2. The average molecular weight is 707 g/mol. The Labute approximate surface area is 310 Å². The first-order valence-electron chi connectivity index (χ1n) is 16.9. The Kier molecular flexibility index (Phi) is 15.7. The highest BCUT2D eigenvalue weighted by molar-refractivity contribution is 5.92. The van der Waals surface area contributed by atoms with Gasteiger partial charge in [-0.3, -0.25) is 14.8 Å². The number of rotatable bonds is 11. The smallest absolute Gasteiger partial charge is 0.328 e. The lowest BCUT2D eigenvalue weighted by atomic mass is 10.1. The summed E-state index contributed by atoms with van der Waals surface area (Å²) in [7, 11) is 0. The van der Waals surface area contributed by atoms with Gasteiger partial charge in [0.1, 0.15) is 23.0 Å². The molecule has 2 aromatic heterocycles. The van der Waals surface area contributed by atoms with Gasteiger partial charge in [0.05, 0.1) is 6.04 Å². The molecule has 0 fully saturated rings. The number of amides is 1. The minimum Gasteiger partial charge on any atom is -0.478 e. The Morgan fingerprint density at radius 3 is 1.53 bits per heavy atom. The van der Waals surface area contributed by atoms with Crippen LogP contribution in [-0.4, -0.2) is 27.0 Å². The van der Waals surface area contributed by atoms with Gasteiger partial charge in [-0.15, -0.1) is 0 Å². The number of hydrogen-bond donors (Lipinski definition) is 3. The standard InChI is InChI=1S/C22H20N2O2.C13H14N2O.C9H8O2/c1-17(24-22(25)11-10-18-6-3-2-4-7-18)19-8-5-9-21(16-19)26-20-12-14-23-15-13-20;1-10(14)11-3-2-4-13(9-11)16-12-5-7-15-8-6-12;10-9(11)7-6-8-4-2-1-3-5-8/h2-17H,1H3,(H,24,25);2-10H,14H2,1H3;1-7H,(H,10,11)/b11-10+;;7-6+/t17-;10-;/m00./s1. The largest absolute Gasteiger partial charge is 0.478 e. The number of aromatic nitrogens is 2. The van der Waals surface area contributed by atoms with Crippen LogP contribution in [-0.2, 0) is 9.59 Å². The van der Waals surface area contributed by atoms with Crippen LogP contribution in [0.1, 0.15) is 48.2 Å². The predicted octanol–water partition coefficient (Wildman–Crippen LogP) is 9.44. The first-order chi connectivity index (χ1) is 25.7. The summed E-state index contributed by atoms with van der Waals surface area (Å²) < 4.78 is 11.5. The summed E-state index contributed by atoms with van der Waals surface area (Å²) in [6.45, 7) is 3.89. The van der Waals surface area contributed by atoms with Crippen LogP contribution in [0.4, 0.5) is 0 Å². The van der Waals surface area contributed by atoms with E-state index in [4.69, 9.17) is 20.3 Å². The second-order valence-corrected chi connectivity index (χ2v) is 11.6. The summed E-state index contributed by atoms with van der Waals surface area (Å²) >= 11 is 0. The number of nitrogens with two attached hydrogens (primary N) is 1. The zero-order valence-corrected chi connectivity index (χ0v) is 29.5. The van der Waals surface area contributed by atoms with E-state index >= 15 is 0 Å². The first-order valence-corrected chi connectivity index (χ1v) is 16.9. The van der Waals surface area contributed by atoms with Gasteiger partial charge >= 0.3 is 5.97 Å².